The molecule has 0 aliphatic carbocycles. The average molecular weight is 530 g/mol. The van der Waals surface area contributed by atoms with Crippen LogP contribution in [-0.4, -0.2) is 46.9 Å². The Hall–Kier alpha value is -3.04. The maximum Gasteiger partial charge on any atom is 0.149 e. The van der Waals surface area contributed by atoms with Crippen LogP contribution in [0.15, 0.2) is 54.7 Å². The summed E-state index contributed by atoms with van der Waals surface area (Å²) >= 11 is 12.4. The van der Waals surface area contributed by atoms with Gasteiger partial charge in [0, 0.05) is 55.0 Å². The van der Waals surface area contributed by atoms with Crippen molar-refractivity contribution in [1.29, 1.82) is 5.41 Å². The zero-order valence-electron chi connectivity index (χ0n) is 19.7. The quantitative estimate of drug-likeness (QED) is 0.286. The van der Waals surface area contributed by atoms with Crippen molar-refractivity contribution in [2.45, 2.75) is 19.6 Å². The topological polar surface area (TPSA) is 97.4 Å². The number of halogens is 3. The minimum atomic E-state index is -0.741. The van der Waals surface area contributed by atoms with E-state index in [0.717, 1.165) is 18.8 Å². The van der Waals surface area contributed by atoms with Gasteiger partial charge < -0.3 is 15.2 Å². The van der Waals surface area contributed by atoms with Gasteiger partial charge in [-0.1, -0.05) is 29.3 Å². The number of pyridine rings is 2. The molecule has 36 heavy (non-hydrogen) atoms. The van der Waals surface area contributed by atoms with Crippen molar-refractivity contribution in [3.8, 4) is 5.75 Å². The lowest BCUT2D eigenvalue weighted by Crippen LogP contribution is -2.35. The molecule has 1 unspecified atom stereocenters. The maximum absolute atomic E-state index is 15.0. The van der Waals surface area contributed by atoms with Crippen molar-refractivity contribution in [2.24, 2.45) is 0 Å². The van der Waals surface area contributed by atoms with Crippen molar-refractivity contribution < 1.29 is 13.9 Å². The molecule has 4 rings (SSSR count). The van der Waals surface area contributed by atoms with Gasteiger partial charge in [0.05, 0.1) is 34.7 Å². The normalized spacial score (nSPS) is 15.5. The second-order valence-corrected chi connectivity index (χ2v) is 9.18. The Bertz CT molecular complexity index is 1240. The first-order valence-electron chi connectivity index (χ1n) is 11.4. The molecule has 1 aliphatic heterocycles. The van der Waals surface area contributed by atoms with E-state index in [1.54, 1.807) is 31.3 Å². The average Bonchev–Trinajstić information content (AvgIpc) is 2.86. The molecule has 1 fully saturated rings. The van der Waals surface area contributed by atoms with Crippen LogP contribution >= 0.6 is 23.2 Å². The van der Waals surface area contributed by atoms with E-state index in [4.69, 9.17) is 43.8 Å². The first kappa shape index (κ1) is 26.0. The van der Waals surface area contributed by atoms with Crippen LogP contribution < -0.4 is 10.5 Å². The van der Waals surface area contributed by atoms with Gasteiger partial charge in [-0.15, -0.1) is 0 Å². The number of hydrogen-bond acceptors (Lipinski definition) is 7. The first-order valence-corrected chi connectivity index (χ1v) is 12.1. The summed E-state index contributed by atoms with van der Waals surface area (Å²) in [5.41, 5.74) is 8.17. The van der Waals surface area contributed by atoms with Gasteiger partial charge in [-0.3, -0.25) is 20.3 Å². The smallest absolute Gasteiger partial charge is 0.149 e. The second kappa shape index (κ2) is 11.8. The summed E-state index contributed by atoms with van der Waals surface area (Å²) in [5, 5.41) is 9.13. The van der Waals surface area contributed by atoms with Crippen LogP contribution in [0, 0.1) is 5.41 Å². The van der Waals surface area contributed by atoms with E-state index in [1.165, 1.54) is 24.5 Å². The van der Waals surface area contributed by atoms with Gasteiger partial charge >= 0.3 is 0 Å². The summed E-state index contributed by atoms with van der Waals surface area (Å²) in [6, 6.07) is 8.37. The molecule has 0 spiro atoms. The highest BCUT2D eigenvalue weighted by Crippen LogP contribution is 2.33. The van der Waals surface area contributed by atoms with E-state index in [-0.39, 0.29) is 17.0 Å². The zero-order valence-corrected chi connectivity index (χ0v) is 21.2. The molecule has 1 atom stereocenters. The number of benzene rings is 1. The Morgan fingerprint density at radius 1 is 1.19 bits per heavy atom. The molecule has 0 radical (unpaired) electrons. The fourth-order valence-corrected chi connectivity index (χ4v) is 4.52. The van der Waals surface area contributed by atoms with Crippen molar-refractivity contribution in [3.63, 3.8) is 0 Å². The van der Waals surface area contributed by atoms with E-state index in [1.807, 2.05) is 6.07 Å². The van der Waals surface area contributed by atoms with E-state index >= 15 is 4.39 Å². The van der Waals surface area contributed by atoms with Crippen molar-refractivity contribution in [3.05, 3.63) is 87.2 Å². The Morgan fingerprint density at radius 2 is 1.92 bits per heavy atom. The first-order chi connectivity index (χ1) is 17.3. The molecule has 1 aliphatic rings. The highest BCUT2D eigenvalue weighted by Gasteiger charge is 2.18. The molecule has 3 heterocycles. The molecule has 7 nitrogen and oxygen atoms in total. The van der Waals surface area contributed by atoms with Crippen LogP contribution in [0.3, 0.4) is 0 Å². The Labute approximate surface area is 219 Å². The monoisotopic (exact) mass is 529 g/mol. The van der Waals surface area contributed by atoms with Gasteiger partial charge in [-0.2, -0.15) is 0 Å². The number of aromatic nitrogens is 2. The van der Waals surface area contributed by atoms with Crippen LogP contribution in [0.4, 0.5) is 10.1 Å². The molecule has 1 aromatic carbocycles. The van der Waals surface area contributed by atoms with E-state index in [9.17, 15) is 0 Å². The number of hydrogen-bond donors (Lipinski definition) is 2. The van der Waals surface area contributed by atoms with Crippen LogP contribution in [0.25, 0.3) is 6.08 Å². The van der Waals surface area contributed by atoms with Crippen molar-refractivity contribution in [1.82, 2.24) is 14.9 Å². The molecule has 0 bridgehead atoms. The minimum Gasteiger partial charge on any atom is -0.486 e. The minimum absolute atomic E-state index is 0.206. The highest BCUT2D eigenvalue weighted by molar-refractivity contribution is 6.35. The maximum atomic E-state index is 15.0. The number of nitrogens with zero attached hydrogens (tertiary/aromatic N) is 3. The summed E-state index contributed by atoms with van der Waals surface area (Å²) in [5.74, 6) is -0.350. The van der Waals surface area contributed by atoms with E-state index in [0.29, 0.717) is 46.7 Å². The predicted octanol–water partition coefficient (Wildman–Crippen LogP) is 5.72. The number of anilines is 1. The van der Waals surface area contributed by atoms with Gasteiger partial charge in [-0.05, 0) is 42.8 Å². The largest absolute Gasteiger partial charge is 0.486 e. The summed E-state index contributed by atoms with van der Waals surface area (Å²) < 4.78 is 26.4. The number of nitrogens with one attached hydrogen (secondary N) is 1. The Kier molecular flexibility index (Phi) is 8.53. The molecule has 3 N–H and O–H groups in total. The lowest BCUT2D eigenvalue weighted by molar-refractivity contribution is 0.0336. The molecule has 2 aromatic heterocycles. The summed E-state index contributed by atoms with van der Waals surface area (Å²) in [4.78, 5) is 10.6. The highest BCUT2D eigenvalue weighted by atomic mass is 35.5. The lowest BCUT2D eigenvalue weighted by Gasteiger charge is -2.26. The van der Waals surface area contributed by atoms with Gasteiger partial charge in [-0.25, -0.2) is 4.39 Å². The van der Waals surface area contributed by atoms with Crippen molar-refractivity contribution in [2.75, 3.05) is 32.0 Å². The van der Waals surface area contributed by atoms with Crippen LogP contribution in [-0.2, 0) is 11.3 Å². The number of nitrogens with two attached hydrogens (primary N) is 1. The molecule has 0 saturated carbocycles. The number of rotatable bonds is 8. The van der Waals surface area contributed by atoms with E-state index < -0.39 is 11.9 Å². The number of morpholine rings is 1. The third kappa shape index (κ3) is 6.39. The molecule has 0 amide bonds. The fraction of sp³-hybridized carbons (Fsp3) is 0.269. The van der Waals surface area contributed by atoms with E-state index in [2.05, 4.69) is 14.9 Å². The fourth-order valence-electron chi connectivity index (χ4n) is 3.85. The predicted molar refractivity (Wildman–Crippen MR) is 140 cm³/mol. The van der Waals surface area contributed by atoms with Gasteiger partial charge in [0.2, 0.25) is 0 Å². The summed E-state index contributed by atoms with van der Waals surface area (Å²) in [6.45, 7) is 5.65. The van der Waals surface area contributed by atoms with Crippen molar-refractivity contribution >= 4 is 40.7 Å². The Balaban J connectivity index is 1.47. The zero-order chi connectivity index (χ0) is 25.7. The molecular formula is C26H26Cl2FN5O2. The summed E-state index contributed by atoms with van der Waals surface area (Å²) in [7, 11) is 0. The molecule has 3 aromatic rings. The molecule has 10 heteroatoms. The Morgan fingerprint density at radius 3 is 2.58 bits per heavy atom. The molecule has 1 saturated heterocycles. The second-order valence-electron chi connectivity index (χ2n) is 8.36. The van der Waals surface area contributed by atoms with Gasteiger partial charge in [0.25, 0.3) is 0 Å². The number of nitrogen functional groups attached to an aromatic ring is 1. The number of allylic oxidation sites excluding steroid dienone is 1. The SMILES string of the molecule is CC(Oc1ccc(N)c(C(=N)/C(F)=C\c2ccc(CN3CCOCC3)nc2)c1)c1c(Cl)cncc1Cl. The van der Waals surface area contributed by atoms with Crippen LogP contribution in [0.5, 0.6) is 5.75 Å². The number of ether oxygens (including phenoxy) is 2. The van der Waals surface area contributed by atoms with Gasteiger partial charge in [0.1, 0.15) is 17.7 Å². The standard InChI is InChI=1S/C26H26Cl2FN5O2/c1-16(25-21(27)13-32-14-22(25)28)36-19-4-5-24(30)20(11-19)26(31)23(29)10-17-2-3-18(33-12-17)15-34-6-8-35-9-7-34/h2-5,10-14,16,31H,6-9,15,30H2,1H3/b23-10+,31-26?. The molecule has 188 valence electrons. The summed E-state index contributed by atoms with van der Waals surface area (Å²) in [6.07, 6.45) is 5.31. The molecular weight excluding hydrogens is 504 g/mol. The lowest BCUT2D eigenvalue weighted by atomic mass is 10.0. The van der Waals surface area contributed by atoms with Crippen LogP contribution in [0.1, 0.15) is 35.4 Å². The van der Waals surface area contributed by atoms with Gasteiger partial charge in [0.15, 0.2) is 0 Å². The third-order valence-electron chi connectivity index (χ3n) is 5.77. The third-order valence-corrected chi connectivity index (χ3v) is 6.38. The van der Waals surface area contributed by atoms with Crippen LogP contribution in [0.2, 0.25) is 10.0 Å².